The number of ether oxygens (including phenoxy) is 1. The number of nitrogens with one attached hydrogen (secondary N) is 1. The van der Waals surface area contributed by atoms with Crippen LogP contribution in [0.3, 0.4) is 0 Å². The van der Waals surface area contributed by atoms with Crippen LogP contribution in [0.5, 0.6) is 11.5 Å². The number of rotatable bonds is 4. The van der Waals surface area contributed by atoms with E-state index in [0.29, 0.717) is 11.8 Å². The molecule has 1 aromatic rings. The molecule has 0 aromatic heterocycles. The van der Waals surface area contributed by atoms with Crippen LogP contribution in [-0.4, -0.2) is 24.2 Å². The predicted molar refractivity (Wildman–Crippen MR) is 78.7 cm³/mol. The van der Waals surface area contributed by atoms with Gasteiger partial charge in [0.05, 0.1) is 7.11 Å². The minimum atomic E-state index is -0.0768. The molecule has 0 unspecified atom stereocenters. The van der Waals surface area contributed by atoms with Gasteiger partial charge in [-0.1, -0.05) is 19.3 Å². The molecule has 0 saturated heterocycles. The molecule has 1 aliphatic rings. The molecule has 2 rings (SSSR count). The van der Waals surface area contributed by atoms with Crippen molar-refractivity contribution >= 4 is 12.0 Å². The largest absolute Gasteiger partial charge is 0.508 e. The lowest BCUT2D eigenvalue weighted by Crippen LogP contribution is -2.34. The number of amides is 1. The van der Waals surface area contributed by atoms with E-state index < -0.39 is 0 Å². The van der Waals surface area contributed by atoms with Crippen LogP contribution < -0.4 is 10.1 Å². The van der Waals surface area contributed by atoms with Crippen molar-refractivity contribution in [2.45, 2.75) is 38.1 Å². The first-order chi connectivity index (χ1) is 9.69. The molecule has 0 heterocycles. The SMILES string of the molecule is COc1cc(O)ccc1C=CC(=O)NC1CCCCC1. The second kappa shape index (κ2) is 6.98. The summed E-state index contributed by atoms with van der Waals surface area (Å²) >= 11 is 0. The third kappa shape index (κ3) is 4.02. The monoisotopic (exact) mass is 275 g/mol. The van der Waals surface area contributed by atoms with Crippen molar-refractivity contribution in [2.24, 2.45) is 0 Å². The van der Waals surface area contributed by atoms with Gasteiger partial charge in [-0.25, -0.2) is 0 Å². The Labute approximate surface area is 119 Å². The van der Waals surface area contributed by atoms with Crippen molar-refractivity contribution in [3.63, 3.8) is 0 Å². The first-order valence-electron chi connectivity index (χ1n) is 7.04. The highest BCUT2D eigenvalue weighted by atomic mass is 16.5. The average Bonchev–Trinajstić information content (AvgIpc) is 2.47. The standard InChI is InChI=1S/C16H21NO3/c1-20-15-11-14(18)9-7-12(15)8-10-16(19)17-13-5-3-2-4-6-13/h7-11,13,18H,2-6H2,1H3,(H,17,19). The highest BCUT2D eigenvalue weighted by Crippen LogP contribution is 2.24. The summed E-state index contributed by atoms with van der Waals surface area (Å²) in [6.07, 6.45) is 9.03. The molecule has 1 aliphatic carbocycles. The zero-order valence-corrected chi connectivity index (χ0v) is 11.8. The summed E-state index contributed by atoms with van der Waals surface area (Å²) in [4.78, 5) is 11.9. The molecular formula is C16H21NO3. The Morgan fingerprint density at radius 1 is 1.35 bits per heavy atom. The van der Waals surface area contributed by atoms with Crippen molar-refractivity contribution in [1.29, 1.82) is 0 Å². The molecule has 20 heavy (non-hydrogen) atoms. The molecule has 0 spiro atoms. The molecule has 0 bridgehead atoms. The quantitative estimate of drug-likeness (QED) is 0.831. The molecule has 4 nitrogen and oxygen atoms in total. The van der Waals surface area contributed by atoms with Crippen LogP contribution in [0.25, 0.3) is 6.08 Å². The normalized spacial score (nSPS) is 16.2. The fraction of sp³-hybridized carbons (Fsp3) is 0.438. The molecule has 1 fully saturated rings. The minimum absolute atomic E-state index is 0.0768. The summed E-state index contributed by atoms with van der Waals surface area (Å²) in [5.41, 5.74) is 0.768. The Kier molecular flexibility index (Phi) is 5.04. The van der Waals surface area contributed by atoms with Crippen molar-refractivity contribution in [1.82, 2.24) is 5.32 Å². The molecule has 1 aromatic carbocycles. The van der Waals surface area contributed by atoms with Gasteiger partial charge < -0.3 is 15.2 Å². The third-order valence-corrected chi connectivity index (χ3v) is 3.58. The lowest BCUT2D eigenvalue weighted by Gasteiger charge is -2.21. The minimum Gasteiger partial charge on any atom is -0.508 e. The molecule has 1 amide bonds. The second-order valence-electron chi connectivity index (χ2n) is 5.10. The van der Waals surface area contributed by atoms with Gasteiger partial charge in [-0.3, -0.25) is 4.79 Å². The van der Waals surface area contributed by atoms with Gasteiger partial charge in [0.2, 0.25) is 5.91 Å². The van der Waals surface area contributed by atoms with Crippen molar-refractivity contribution in [3.8, 4) is 11.5 Å². The average molecular weight is 275 g/mol. The van der Waals surface area contributed by atoms with E-state index in [9.17, 15) is 9.90 Å². The van der Waals surface area contributed by atoms with Crippen LogP contribution in [0, 0.1) is 0 Å². The zero-order valence-electron chi connectivity index (χ0n) is 11.8. The summed E-state index contributed by atoms with van der Waals surface area (Å²) in [5, 5.41) is 12.4. The van der Waals surface area contributed by atoms with Gasteiger partial charge >= 0.3 is 0 Å². The maximum atomic E-state index is 11.9. The summed E-state index contributed by atoms with van der Waals surface area (Å²) in [6.45, 7) is 0. The van der Waals surface area contributed by atoms with E-state index >= 15 is 0 Å². The van der Waals surface area contributed by atoms with E-state index in [0.717, 1.165) is 18.4 Å². The van der Waals surface area contributed by atoms with Crippen LogP contribution in [0.2, 0.25) is 0 Å². The topological polar surface area (TPSA) is 58.6 Å². The molecule has 0 aliphatic heterocycles. The first-order valence-corrected chi connectivity index (χ1v) is 7.04. The third-order valence-electron chi connectivity index (χ3n) is 3.58. The van der Waals surface area contributed by atoms with Crippen LogP contribution in [0.1, 0.15) is 37.7 Å². The Balaban J connectivity index is 1.96. The van der Waals surface area contributed by atoms with E-state index in [-0.39, 0.29) is 11.7 Å². The number of methoxy groups -OCH3 is 1. The number of phenolic OH excluding ortho intramolecular Hbond substituents is 1. The number of hydrogen-bond acceptors (Lipinski definition) is 3. The molecule has 4 heteroatoms. The highest BCUT2D eigenvalue weighted by molar-refractivity contribution is 5.92. The van der Waals surface area contributed by atoms with Gasteiger partial charge in [0.15, 0.2) is 0 Å². The zero-order chi connectivity index (χ0) is 14.4. The number of carbonyl (C=O) groups excluding carboxylic acids is 1. The number of benzene rings is 1. The molecule has 2 N–H and O–H groups in total. The number of aromatic hydroxyl groups is 1. The van der Waals surface area contributed by atoms with Gasteiger partial charge in [-0.15, -0.1) is 0 Å². The smallest absolute Gasteiger partial charge is 0.244 e. The Bertz CT molecular complexity index is 490. The maximum Gasteiger partial charge on any atom is 0.244 e. The fourth-order valence-electron chi connectivity index (χ4n) is 2.50. The Morgan fingerprint density at radius 3 is 2.80 bits per heavy atom. The van der Waals surface area contributed by atoms with Crippen LogP contribution in [-0.2, 0) is 4.79 Å². The van der Waals surface area contributed by atoms with E-state index in [1.807, 2.05) is 0 Å². The van der Waals surface area contributed by atoms with E-state index in [1.165, 1.54) is 38.5 Å². The summed E-state index contributed by atoms with van der Waals surface area (Å²) in [7, 11) is 1.54. The van der Waals surface area contributed by atoms with E-state index in [4.69, 9.17) is 4.74 Å². The first kappa shape index (κ1) is 14.4. The molecule has 108 valence electrons. The van der Waals surface area contributed by atoms with Gasteiger partial charge in [-0.05, 0) is 31.1 Å². The fourth-order valence-corrected chi connectivity index (χ4v) is 2.50. The predicted octanol–water partition coefficient (Wildman–Crippen LogP) is 2.86. The van der Waals surface area contributed by atoms with Crippen molar-refractivity contribution < 1.29 is 14.6 Å². The highest BCUT2D eigenvalue weighted by Gasteiger charge is 2.14. The maximum absolute atomic E-state index is 11.9. The van der Waals surface area contributed by atoms with E-state index in [2.05, 4.69) is 5.32 Å². The van der Waals surface area contributed by atoms with Gasteiger partial charge in [0.25, 0.3) is 0 Å². The summed E-state index contributed by atoms with van der Waals surface area (Å²) < 4.78 is 5.17. The van der Waals surface area contributed by atoms with E-state index in [1.54, 1.807) is 18.2 Å². The Hall–Kier alpha value is -1.97. The van der Waals surface area contributed by atoms with Crippen LogP contribution in [0.15, 0.2) is 24.3 Å². The van der Waals surface area contributed by atoms with Crippen molar-refractivity contribution in [3.05, 3.63) is 29.8 Å². The van der Waals surface area contributed by atoms with Crippen LogP contribution >= 0.6 is 0 Å². The lowest BCUT2D eigenvalue weighted by molar-refractivity contribution is -0.117. The summed E-state index contributed by atoms with van der Waals surface area (Å²) in [6, 6.07) is 5.13. The second-order valence-corrected chi connectivity index (χ2v) is 5.10. The van der Waals surface area contributed by atoms with Gasteiger partial charge in [-0.2, -0.15) is 0 Å². The number of phenols is 1. The van der Waals surface area contributed by atoms with Gasteiger partial charge in [0.1, 0.15) is 11.5 Å². The molecule has 0 radical (unpaired) electrons. The Morgan fingerprint density at radius 2 is 2.10 bits per heavy atom. The number of hydrogen-bond donors (Lipinski definition) is 2. The molecule has 0 atom stereocenters. The molecule has 1 saturated carbocycles. The number of carbonyl (C=O) groups is 1. The van der Waals surface area contributed by atoms with Gasteiger partial charge in [0, 0.05) is 23.7 Å². The summed E-state index contributed by atoms with van der Waals surface area (Å²) in [5.74, 6) is 0.615. The molecular weight excluding hydrogens is 254 g/mol. The van der Waals surface area contributed by atoms with Crippen LogP contribution in [0.4, 0.5) is 0 Å². The lowest BCUT2D eigenvalue weighted by atomic mass is 9.95. The van der Waals surface area contributed by atoms with Crippen molar-refractivity contribution in [2.75, 3.05) is 7.11 Å².